The molecule has 154 valence electrons. The van der Waals surface area contributed by atoms with Gasteiger partial charge in [0.1, 0.15) is 5.75 Å². The average Bonchev–Trinajstić information content (AvgIpc) is 2.78. The van der Waals surface area contributed by atoms with Crippen LogP contribution in [-0.2, 0) is 4.79 Å². The molecule has 0 spiro atoms. The number of amides is 1. The first kappa shape index (κ1) is 19.9. The maximum absolute atomic E-state index is 12.2. The van der Waals surface area contributed by atoms with Gasteiger partial charge in [-0.05, 0) is 40.4 Å². The summed E-state index contributed by atoms with van der Waals surface area (Å²) in [6.45, 7) is 0.0227. The molecule has 0 saturated heterocycles. The fourth-order valence-corrected chi connectivity index (χ4v) is 3.37. The number of hydrazone groups is 1. The van der Waals surface area contributed by atoms with Crippen molar-refractivity contribution >= 4 is 45.3 Å². The maximum Gasteiger partial charge on any atom is 0.335 e. The Morgan fingerprint density at radius 2 is 1.71 bits per heavy atom. The van der Waals surface area contributed by atoms with Crippen molar-refractivity contribution in [2.45, 2.75) is 0 Å². The lowest BCUT2D eigenvalue weighted by Gasteiger charge is -2.09. The molecule has 0 aliphatic carbocycles. The van der Waals surface area contributed by atoms with E-state index in [4.69, 9.17) is 5.11 Å². The number of fused-ring (bicyclic) bond motifs is 2. The lowest BCUT2D eigenvalue weighted by Crippen LogP contribution is -2.25. The molecule has 0 aliphatic heterocycles. The van der Waals surface area contributed by atoms with E-state index in [1.807, 2.05) is 42.5 Å². The highest BCUT2D eigenvalue weighted by Gasteiger charge is 2.09. The molecule has 31 heavy (non-hydrogen) atoms. The number of carbonyl (C=O) groups excluding carboxylic acids is 1. The predicted octanol–water partition coefficient (Wildman–Crippen LogP) is 3.96. The van der Waals surface area contributed by atoms with Gasteiger partial charge in [0.05, 0.1) is 18.3 Å². The number of carbonyl (C=O) groups is 2. The zero-order valence-electron chi connectivity index (χ0n) is 16.4. The average molecular weight is 413 g/mol. The molecule has 0 bridgehead atoms. The van der Waals surface area contributed by atoms with Gasteiger partial charge < -0.3 is 15.5 Å². The second-order valence-electron chi connectivity index (χ2n) is 6.91. The van der Waals surface area contributed by atoms with Gasteiger partial charge in [0, 0.05) is 16.6 Å². The molecular weight excluding hydrogens is 394 g/mol. The molecule has 0 atom stereocenters. The Morgan fingerprint density at radius 3 is 2.55 bits per heavy atom. The Kier molecular flexibility index (Phi) is 5.49. The van der Waals surface area contributed by atoms with Crippen molar-refractivity contribution < 1.29 is 19.8 Å². The third-order valence-electron chi connectivity index (χ3n) is 4.90. The summed E-state index contributed by atoms with van der Waals surface area (Å²) in [7, 11) is 0. The number of hydrogen-bond donors (Lipinski definition) is 4. The zero-order valence-corrected chi connectivity index (χ0v) is 16.4. The van der Waals surface area contributed by atoms with Crippen molar-refractivity contribution in [1.29, 1.82) is 0 Å². The van der Waals surface area contributed by atoms with Gasteiger partial charge in [-0.15, -0.1) is 0 Å². The third-order valence-corrected chi connectivity index (χ3v) is 4.90. The molecule has 1 amide bonds. The first-order valence-electron chi connectivity index (χ1n) is 9.55. The second-order valence-corrected chi connectivity index (χ2v) is 6.91. The van der Waals surface area contributed by atoms with Crippen LogP contribution in [0.2, 0.25) is 0 Å². The number of aromatic carboxylic acids is 1. The molecule has 0 heterocycles. The summed E-state index contributed by atoms with van der Waals surface area (Å²) in [6, 6.07) is 21.3. The number of hydrogen-bond acceptors (Lipinski definition) is 5. The maximum atomic E-state index is 12.2. The molecule has 0 aliphatic rings. The minimum absolute atomic E-state index is 0.0227. The van der Waals surface area contributed by atoms with E-state index in [1.165, 1.54) is 24.4 Å². The van der Waals surface area contributed by atoms with Gasteiger partial charge in [-0.2, -0.15) is 5.10 Å². The number of phenolic OH excluding ortho intramolecular Hbond substituents is 1. The van der Waals surface area contributed by atoms with E-state index in [9.17, 15) is 14.7 Å². The number of rotatable bonds is 6. The van der Waals surface area contributed by atoms with Gasteiger partial charge in [0.15, 0.2) is 0 Å². The van der Waals surface area contributed by atoms with Crippen LogP contribution in [0, 0.1) is 0 Å². The molecule has 0 radical (unpaired) electrons. The molecule has 7 heteroatoms. The summed E-state index contributed by atoms with van der Waals surface area (Å²) in [4.78, 5) is 23.3. The molecule has 4 aromatic rings. The lowest BCUT2D eigenvalue weighted by atomic mass is 10.0. The molecule has 0 saturated carbocycles. The van der Waals surface area contributed by atoms with Crippen molar-refractivity contribution in [1.82, 2.24) is 5.43 Å². The van der Waals surface area contributed by atoms with E-state index in [1.54, 1.807) is 12.1 Å². The van der Waals surface area contributed by atoms with Gasteiger partial charge in [-0.1, -0.05) is 48.5 Å². The van der Waals surface area contributed by atoms with Crippen LogP contribution >= 0.6 is 0 Å². The molecule has 7 nitrogen and oxygen atoms in total. The minimum Gasteiger partial charge on any atom is -0.507 e. The van der Waals surface area contributed by atoms with Crippen molar-refractivity contribution in [3.8, 4) is 5.75 Å². The van der Waals surface area contributed by atoms with Gasteiger partial charge in [0.25, 0.3) is 5.91 Å². The summed E-state index contributed by atoms with van der Waals surface area (Å²) in [5.41, 5.74) is 3.81. The monoisotopic (exact) mass is 413 g/mol. The Hall–Kier alpha value is -4.39. The topological polar surface area (TPSA) is 111 Å². The zero-order chi connectivity index (χ0) is 21.8. The van der Waals surface area contributed by atoms with Crippen LogP contribution in [-0.4, -0.2) is 34.8 Å². The van der Waals surface area contributed by atoms with Gasteiger partial charge in [0.2, 0.25) is 0 Å². The van der Waals surface area contributed by atoms with E-state index >= 15 is 0 Å². The first-order chi connectivity index (χ1) is 15.0. The Morgan fingerprint density at radius 1 is 0.903 bits per heavy atom. The standard InChI is InChI=1S/C24H19N3O4/c28-22-11-9-16-12-17(24(30)31)8-10-18(16)20(22)13-26-27-23(29)14-25-21-7-3-5-15-4-1-2-6-19(15)21/h1-13,25,28H,14H2,(H,27,29)(H,30,31)/b26-13+. The number of nitrogens with one attached hydrogen (secondary N) is 2. The first-order valence-corrected chi connectivity index (χ1v) is 9.55. The molecule has 0 unspecified atom stereocenters. The Balaban J connectivity index is 1.45. The molecule has 4 rings (SSSR count). The second kappa shape index (κ2) is 8.54. The van der Waals surface area contributed by atoms with E-state index in [0.29, 0.717) is 16.3 Å². The van der Waals surface area contributed by atoms with Crippen molar-refractivity contribution in [2.75, 3.05) is 11.9 Å². The van der Waals surface area contributed by atoms with Crippen molar-refractivity contribution in [2.24, 2.45) is 5.10 Å². The van der Waals surface area contributed by atoms with Gasteiger partial charge in [-0.3, -0.25) is 4.79 Å². The van der Waals surface area contributed by atoms with Crippen LogP contribution < -0.4 is 10.7 Å². The van der Waals surface area contributed by atoms with Gasteiger partial charge >= 0.3 is 5.97 Å². The summed E-state index contributed by atoms with van der Waals surface area (Å²) >= 11 is 0. The van der Waals surface area contributed by atoms with E-state index < -0.39 is 5.97 Å². The lowest BCUT2D eigenvalue weighted by molar-refractivity contribution is -0.119. The van der Waals surface area contributed by atoms with Crippen LogP contribution in [0.1, 0.15) is 15.9 Å². The summed E-state index contributed by atoms with van der Waals surface area (Å²) in [5.74, 6) is -1.41. The van der Waals surface area contributed by atoms with E-state index in [-0.39, 0.29) is 23.8 Å². The number of phenols is 1. The highest BCUT2D eigenvalue weighted by Crippen LogP contribution is 2.26. The molecule has 4 aromatic carbocycles. The largest absolute Gasteiger partial charge is 0.507 e. The minimum atomic E-state index is -1.03. The van der Waals surface area contributed by atoms with Crippen LogP contribution in [0.3, 0.4) is 0 Å². The number of carboxylic acid groups (broad SMARTS) is 1. The Labute approximate surface area is 177 Å². The Bertz CT molecular complexity index is 1330. The predicted molar refractivity (Wildman–Crippen MR) is 121 cm³/mol. The highest BCUT2D eigenvalue weighted by atomic mass is 16.4. The third kappa shape index (κ3) is 4.30. The number of nitrogens with zero attached hydrogens (tertiary/aromatic N) is 1. The number of anilines is 1. The van der Waals surface area contributed by atoms with Crippen LogP contribution in [0.15, 0.2) is 77.9 Å². The van der Waals surface area contributed by atoms with E-state index in [0.717, 1.165) is 16.5 Å². The molecular formula is C24H19N3O4. The number of carboxylic acids is 1. The summed E-state index contributed by atoms with van der Waals surface area (Å²) in [6.07, 6.45) is 1.34. The van der Waals surface area contributed by atoms with Gasteiger partial charge in [-0.25, -0.2) is 10.2 Å². The van der Waals surface area contributed by atoms with Crippen molar-refractivity contribution in [3.05, 3.63) is 83.9 Å². The number of aromatic hydroxyl groups is 1. The van der Waals surface area contributed by atoms with Crippen LogP contribution in [0.5, 0.6) is 5.75 Å². The quantitative estimate of drug-likeness (QED) is 0.282. The van der Waals surface area contributed by atoms with Crippen LogP contribution in [0.25, 0.3) is 21.5 Å². The normalized spacial score (nSPS) is 11.1. The summed E-state index contributed by atoms with van der Waals surface area (Å²) < 4.78 is 0. The van der Waals surface area contributed by atoms with E-state index in [2.05, 4.69) is 15.8 Å². The number of benzene rings is 4. The summed E-state index contributed by atoms with van der Waals surface area (Å²) in [5, 5.41) is 29.7. The SMILES string of the molecule is O=C(CNc1cccc2ccccc12)N/N=C/c1c(O)ccc2cc(C(=O)O)ccc12. The smallest absolute Gasteiger partial charge is 0.335 e. The van der Waals surface area contributed by atoms with Crippen LogP contribution in [0.4, 0.5) is 5.69 Å². The molecule has 0 fully saturated rings. The fourth-order valence-electron chi connectivity index (χ4n) is 3.37. The molecule has 4 N–H and O–H groups in total. The fraction of sp³-hybridized carbons (Fsp3) is 0.0417. The van der Waals surface area contributed by atoms with Crippen molar-refractivity contribution in [3.63, 3.8) is 0 Å². The molecule has 0 aromatic heterocycles. The highest BCUT2D eigenvalue weighted by molar-refractivity contribution is 6.04.